The fourth-order valence-corrected chi connectivity index (χ4v) is 4.13. The summed E-state index contributed by atoms with van der Waals surface area (Å²) >= 11 is 3.57. The Morgan fingerprint density at radius 2 is 1.89 bits per heavy atom. The van der Waals surface area contributed by atoms with Crippen molar-refractivity contribution in [2.45, 2.75) is 18.9 Å². The summed E-state index contributed by atoms with van der Waals surface area (Å²) in [5, 5.41) is 9.31. The second-order valence-electron chi connectivity index (χ2n) is 6.71. The van der Waals surface area contributed by atoms with E-state index in [-0.39, 0.29) is 12.0 Å². The Bertz CT molecular complexity index is 803. The topological polar surface area (TPSA) is 59.0 Å². The van der Waals surface area contributed by atoms with Crippen LogP contribution in [0.15, 0.2) is 46.9 Å². The molecule has 27 heavy (non-hydrogen) atoms. The van der Waals surface area contributed by atoms with Crippen LogP contribution in [0.2, 0.25) is 0 Å². The largest absolute Gasteiger partial charge is 0.497 e. The molecule has 0 spiro atoms. The number of rotatable bonds is 6. The van der Waals surface area contributed by atoms with E-state index in [2.05, 4.69) is 33.0 Å². The van der Waals surface area contributed by atoms with Gasteiger partial charge in [0.2, 0.25) is 0 Å². The molecule has 2 aromatic carbocycles. The summed E-state index contributed by atoms with van der Waals surface area (Å²) in [6, 6.07) is 14.1. The zero-order valence-electron chi connectivity index (χ0n) is 15.5. The molecule has 1 heterocycles. The van der Waals surface area contributed by atoms with Crippen LogP contribution >= 0.6 is 15.9 Å². The molecule has 0 radical (unpaired) electrons. The molecule has 1 atom stereocenters. The van der Waals surface area contributed by atoms with E-state index in [0.717, 1.165) is 40.2 Å². The van der Waals surface area contributed by atoms with Gasteiger partial charge in [-0.1, -0.05) is 28.1 Å². The van der Waals surface area contributed by atoms with Gasteiger partial charge in [-0.15, -0.1) is 0 Å². The average Bonchev–Trinajstić information content (AvgIpc) is 2.69. The van der Waals surface area contributed by atoms with Crippen LogP contribution in [0.5, 0.6) is 11.5 Å². The van der Waals surface area contributed by atoms with Crippen LogP contribution < -0.4 is 9.47 Å². The quantitative estimate of drug-likeness (QED) is 0.733. The number of nitrogens with zero attached hydrogens (tertiary/aromatic N) is 1. The predicted octanol–water partition coefficient (Wildman–Crippen LogP) is 4.35. The molecule has 6 heteroatoms. The summed E-state index contributed by atoms with van der Waals surface area (Å²) in [5.41, 5.74) is 2.19. The monoisotopic (exact) mass is 433 g/mol. The maximum absolute atomic E-state index is 11.3. The molecule has 1 N–H and O–H groups in total. The minimum absolute atomic E-state index is 0.0156. The van der Waals surface area contributed by atoms with Gasteiger partial charge in [0, 0.05) is 16.1 Å². The highest BCUT2D eigenvalue weighted by Crippen LogP contribution is 2.39. The van der Waals surface area contributed by atoms with E-state index in [9.17, 15) is 9.90 Å². The average molecular weight is 434 g/mol. The van der Waals surface area contributed by atoms with Gasteiger partial charge < -0.3 is 14.6 Å². The Hall–Kier alpha value is -2.05. The first kappa shape index (κ1) is 19.7. The Morgan fingerprint density at radius 1 is 1.15 bits per heavy atom. The van der Waals surface area contributed by atoms with Gasteiger partial charge in [-0.05, 0) is 55.8 Å². The molecule has 5 nitrogen and oxygen atoms in total. The molecule has 2 aromatic rings. The van der Waals surface area contributed by atoms with E-state index >= 15 is 0 Å². The second kappa shape index (κ2) is 8.76. The van der Waals surface area contributed by atoms with Crippen molar-refractivity contribution in [1.82, 2.24) is 4.90 Å². The van der Waals surface area contributed by atoms with Crippen molar-refractivity contribution in [2.24, 2.45) is 5.92 Å². The number of carboxylic acids is 1. The van der Waals surface area contributed by atoms with Gasteiger partial charge in [-0.2, -0.15) is 0 Å². The van der Waals surface area contributed by atoms with Crippen LogP contribution in [0.3, 0.4) is 0 Å². The number of hydrogen-bond acceptors (Lipinski definition) is 4. The molecule has 144 valence electrons. The third kappa shape index (κ3) is 4.45. The molecule has 1 saturated heterocycles. The molecule has 0 amide bonds. The first-order chi connectivity index (χ1) is 13.0. The third-order valence-corrected chi connectivity index (χ3v) is 5.64. The van der Waals surface area contributed by atoms with E-state index < -0.39 is 5.97 Å². The van der Waals surface area contributed by atoms with Crippen molar-refractivity contribution in [1.29, 1.82) is 0 Å². The molecule has 0 aliphatic carbocycles. The molecular weight excluding hydrogens is 410 g/mol. The molecule has 0 saturated carbocycles. The van der Waals surface area contributed by atoms with Crippen molar-refractivity contribution < 1.29 is 19.4 Å². The van der Waals surface area contributed by atoms with Gasteiger partial charge in [-0.25, -0.2) is 0 Å². The van der Waals surface area contributed by atoms with E-state index in [1.54, 1.807) is 14.2 Å². The van der Waals surface area contributed by atoms with Gasteiger partial charge >= 0.3 is 5.97 Å². The number of halogens is 1. The maximum Gasteiger partial charge on any atom is 0.306 e. The number of aliphatic carboxylic acids is 1. The minimum Gasteiger partial charge on any atom is -0.497 e. The first-order valence-corrected chi connectivity index (χ1v) is 9.77. The van der Waals surface area contributed by atoms with Gasteiger partial charge in [0.1, 0.15) is 11.5 Å². The van der Waals surface area contributed by atoms with E-state index in [1.807, 2.05) is 30.3 Å². The van der Waals surface area contributed by atoms with Crippen LogP contribution in [-0.2, 0) is 4.79 Å². The van der Waals surface area contributed by atoms with Crippen LogP contribution in [0.25, 0.3) is 0 Å². The molecule has 0 aromatic heterocycles. The van der Waals surface area contributed by atoms with Crippen molar-refractivity contribution in [3.63, 3.8) is 0 Å². The first-order valence-electron chi connectivity index (χ1n) is 8.97. The molecule has 0 bridgehead atoms. The maximum atomic E-state index is 11.3. The predicted molar refractivity (Wildman–Crippen MR) is 107 cm³/mol. The van der Waals surface area contributed by atoms with Gasteiger partial charge in [0.05, 0.1) is 26.2 Å². The van der Waals surface area contributed by atoms with Crippen molar-refractivity contribution >= 4 is 21.9 Å². The summed E-state index contributed by atoms with van der Waals surface area (Å²) < 4.78 is 12.0. The minimum atomic E-state index is -0.698. The summed E-state index contributed by atoms with van der Waals surface area (Å²) in [6.07, 6.45) is 1.30. The van der Waals surface area contributed by atoms with Crippen LogP contribution in [0, 0.1) is 5.92 Å². The summed E-state index contributed by atoms with van der Waals surface area (Å²) in [6.45, 7) is 1.45. The number of methoxy groups -OCH3 is 2. The van der Waals surface area contributed by atoms with Crippen LogP contribution in [0.1, 0.15) is 30.0 Å². The van der Waals surface area contributed by atoms with Crippen molar-refractivity contribution in [2.75, 3.05) is 27.3 Å². The highest BCUT2D eigenvalue weighted by Gasteiger charge is 2.31. The molecule has 3 rings (SSSR count). The van der Waals surface area contributed by atoms with Gasteiger partial charge in [-0.3, -0.25) is 9.69 Å². The number of likely N-dealkylation sites (tertiary alicyclic amines) is 1. The summed E-state index contributed by atoms with van der Waals surface area (Å²) in [4.78, 5) is 13.7. The molecular formula is C21H24BrNO4. The third-order valence-electron chi connectivity index (χ3n) is 5.14. The van der Waals surface area contributed by atoms with Crippen LogP contribution in [-0.4, -0.2) is 43.3 Å². The number of carbonyl (C=O) groups is 1. The lowest BCUT2D eigenvalue weighted by Crippen LogP contribution is -2.39. The highest BCUT2D eigenvalue weighted by atomic mass is 79.9. The molecule has 1 fully saturated rings. The molecule has 1 unspecified atom stereocenters. The fraction of sp³-hybridized carbons (Fsp3) is 0.381. The Morgan fingerprint density at radius 3 is 2.48 bits per heavy atom. The molecule has 1 aliphatic rings. The number of piperidine rings is 1. The zero-order valence-corrected chi connectivity index (χ0v) is 17.1. The lowest BCUT2D eigenvalue weighted by atomic mass is 9.91. The van der Waals surface area contributed by atoms with Crippen LogP contribution in [0.4, 0.5) is 0 Å². The number of carboxylic acid groups (broad SMARTS) is 1. The van der Waals surface area contributed by atoms with Gasteiger partial charge in [0.15, 0.2) is 0 Å². The lowest BCUT2D eigenvalue weighted by Gasteiger charge is -2.37. The summed E-state index contributed by atoms with van der Waals surface area (Å²) in [5.74, 6) is 0.547. The second-order valence-corrected chi connectivity index (χ2v) is 7.63. The smallest absolute Gasteiger partial charge is 0.306 e. The Balaban J connectivity index is 2.00. The zero-order chi connectivity index (χ0) is 19.4. The van der Waals surface area contributed by atoms with Crippen molar-refractivity contribution in [3.8, 4) is 11.5 Å². The standard InChI is InChI=1S/C21H24BrNO4/c1-26-17-6-7-18(19(13-17)27-2)20(15-4-3-5-16(22)12-15)23-10-8-14(9-11-23)21(24)25/h3-7,12-14,20H,8-11H2,1-2H3,(H,24,25). The lowest BCUT2D eigenvalue weighted by molar-refractivity contribution is -0.143. The van der Waals surface area contributed by atoms with E-state index in [4.69, 9.17) is 9.47 Å². The summed E-state index contributed by atoms with van der Waals surface area (Å²) in [7, 11) is 3.30. The van der Waals surface area contributed by atoms with E-state index in [1.165, 1.54) is 0 Å². The Kier molecular flexibility index (Phi) is 6.39. The molecule has 1 aliphatic heterocycles. The normalized spacial score (nSPS) is 16.7. The van der Waals surface area contributed by atoms with E-state index in [0.29, 0.717) is 12.8 Å². The Labute approximate surface area is 168 Å². The number of hydrogen-bond donors (Lipinski definition) is 1. The van der Waals surface area contributed by atoms with Gasteiger partial charge in [0.25, 0.3) is 0 Å². The number of ether oxygens (including phenoxy) is 2. The van der Waals surface area contributed by atoms with Crippen molar-refractivity contribution in [3.05, 3.63) is 58.1 Å². The SMILES string of the molecule is COc1ccc(C(c2cccc(Br)c2)N2CCC(C(=O)O)CC2)c(OC)c1. The highest BCUT2D eigenvalue weighted by molar-refractivity contribution is 9.10. The number of benzene rings is 2. The fourth-order valence-electron chi connectivity index (χ4n) is 3.71.